The molecule has 11 heteroatoms. The van der Waals surface area contributed by atoms with Crippen molar-refractivity contribution in [3.8, 4) is 0 Å². The van der Waals surface area contributed by atoms with Crippen LogP contribution in [0.15, 0.2) is 76.5 Å². The largest absolute Gasteiger partial charge is 0.326 e. The number of anilines is 3. The van der Waals surface area contributed by atoms with Crippen LogP contribution in [-0.2, 0) is 31.3 Å². The van der Waals surface area contributed by atoms with Crippen molar-refractivity contribution in [2.45, 2.75) is 16.2 Å². The van der Waals surface area contributed by atoms with Gasteiger partial charge in [-0.1, -0.05) is 23.7 Å². The molecule has 0 fully saturated rings. The number of amides is 1. The van der Waals surface area contributed by atoms with Crippen molar-refractivity contribution in [1.82, 2.24) is 0 Å². The van der Waals surface area contributed by atoms with E-state index in [-0.39, 0.29) is 33.5 Å². The normalized spacial score (nSPS) is 13.4. The molecule has 0 spiro atoms. The minimum Gasteiger partial charge on any atom is -0.326 e. The average Bonchev–Trinajstić information content (AvgIpc) is 3.07. The summed E-state index contributed by atoms with van der Waals surface area (Å²) in [4.78, 5) is 11.3. The number of fused-ring (bicyclic) bond motifs is 1. The summed E-state index contributed by atoms with van der Waals surface area (Å²) in [7, 11) is -7.98. The van der Waals surface area contributed by atoms with Gasteiger partial charge in [0.15, 0.2) is 0 Å². The standard InChI is InChI=1S/C20H16ClN3O5S2/c21-14-3-1-4-15(11-14)23-30(26,27)17-6-2-5-16(12-17)24-31(28,29)18-7-8-19-13(9-18)10-20(25)22-19/h1-9,11-12,23-24H,10H2,(H,22,25). The van der Waals surface area contributed by atoms with Crippen LogP contribution in [0.1, 0.15) is 5.56 Å². The summed E-state index contributed by atoms with van der Waals surface area (Å²) in [5, 5.41) is 3.01. The van der Waals surface area contributed by atoms with E-state index in [2.05, 4.69) is 14.8 Å². The van der Waals surface area contributed by atoms with Crippen molar-refractivity contribution < 1.29 is 21.6 Å². The van der Waals surface area contributed by atoms with Crippen LogP contribution in [0.5, 0.6) is 0 Å². The minimum atomic E-state index is -4.00. The molecule has 0 radical (unpaired) electrons. The van der Waals surface area contributed by atoms with Gasteiger partial charge in [-0.15, -0.1) is 0 Å². The van der Waals surface area contributed by atoms with Crippen LogP contribution in [0.3, 0.4) is 0 Å². The molecule has 3 aromatic rings. The molecule has 0 aromatic heterocycles. The first-order valence-corrected chi connectivity index (χ1v) is 12.3. The summed E-state index contributed by atoms with van der Waals surface area (Å²) in [5.41, 5.74) is 1.50. The molecule has 1 aliphatic rings. The molecule has 4 rings (SSSR count). The average molecular weight is 478 g/mol. The molecule has 0 saturated carbocycles. The van der Waals surface area contributed by atoms with Gasteiger partial charge in [0.2, 0.25) is 5.91 Å². The monoisotopic (exact) mass is 477 g/mol. The van der Waals surface area contributed by atoms with Gasteiger partial charge in [0, 0.05) is 10.7 Å². The maximum atomic E-state index is 12.8. The molecule has 160 valence electrons. The molecule has 31 heavy (non-hydrogen) atoms. The maximum Gasteiger partial charge on any atom is 0.261 e. The maximum absolute atomic E-state index is 12.8. The molecule has 1 amide bonds. The molecular weight excluding hydrogens is 462 g/mol. The molecule has 1 aliphatic heterocycles. The van der Waals surface area contributed by atoms with Crippen molar-refractivity contribution in [3.05, 3.63) is 77.3 Å². The molecule has 0 bridgehead atoms. The molecule has 3 N–H and O–H groups in total. The zero-order valence-electron chi connectivity index (χ0n) is 15.8. The third kappa shape index (κ3) is 4.66. The second kappa shape index (κ2) is 7.88. The minimum absolute atomic E-state index is 0.0342. The number of halogens is 1. The Morgan fingerprint density at radius 1 is 0.774 bits per heavy atom. The summed E-state index contributed by atoms with van der Waals surface area (Å²) in [5.74, 6) is -0.206. The SMILES string of the molecule is O=C1Cc2cc(S(=O)(=O)Nc3cccc(S(=O)(=O)Nc4cccc(Cl)c4)c3)ccc2N1. The van der Waals surface area contributed by atoms with Gasteiger partial charge in [-0.2, -0.15) is 0 Å². The van der Waals surface area contributed by atoms with E-state index in [1.165, 1.54) is 48.5 Å². The third-order valence-corrected chi connectivity index (χ3v) is 7.48. The highest BCUT2D eigenvalue weighted by molar-refractivity contribution is 7.93. The fraction of sp³-hybridized carbons (Fsp3) is 0.0500. The van der Waals surface area contributed by atoms with Crippen LogP contribution < -0.4 is 14.8 Å². The van der Waals surface area contributed by atoms with Gasteiger partial charge in [0.1, 0.15) is 0 Å². The number of sulfonamides is 2. The molecular formula is C20H16ClN3O5S2. The van der Waals surface area contributed by atoms with Gasteiger partial charge in [-0.05, 0) is 60.2 Å². The highest BCUT2D eigenvalue weighted by Gasteiger charge is 2.22. The highest BCUT2D eigenvalue weighted by Crippen LogP contribution is 2.27. The molecule has 0 saturated heterocycles. The van der Waals surface area contributed by atoms with E-state index in [0.717, 1.165) is 0 Å². The Morgan fingerprint density at radius 3 is 2.06 bits per heavy atom. The first-order valence-electron chi connectivity index (χ1n) is 8.96. The lowest BCUT2D eigenvalue weighted by Crippen LogP contribution is -2.15. The summed E-state index contributed by atoms with van der Waals surface area (Å²) in [6.45, 7) is 0. The molecule has 0 aliphatic carbocycles. The summed E-state index contributed by atoms with van der Waals surface area (Å²) in [6, 6.07) is 15.9. The van der Waals surface area contributed by atoms with Gasteiger partial charge in [0.25, 0.3) is 20.0 Å². The Bertz CT molecular complexity index is 1410. The highest BCUT2D eigenvalue weighted by atomic mass is 35.5. The smallest absolute Gasteiger partial charge is 0.261 e. The molecule has 8 nitrogen and oxygen atoms in total. The lowest BCUT2D eigenvalue weighted by molar-refractivity contribution is -0.115. The quantitative estimate of drug-likeness (QED) is 0.502. The van der Waals surface area contributed by atoms with E-state index in [9.17, 15) is 21.6 Å². The summed E-state index contributed by atoms with van der Waals surface area (Å²) < 4.78 is 55.7. The number of nitrogens with one attached hydrogen (secondary N) is 3. The van der Waals surface area contributed by atoms with Gasteiger partial charge in [-0.3, -0.25) is 14.2 Å². The van der Waals surface area contributed by atoms with Crippen molar-refractivity contribution in [3.63, 3.8) is 0 Å². The van der Waals surface area contributed by atoms with Crippen molar-refractivity contribution in [2.24, 2.45) is 0 Å². The molecule has 1 heterocycles. The van der Waals surface area contributed by atoms with Crippen LogP contribution in [0.4, 0.5) is 17.1 Å². The number of benzene rings is 3. The predicted molar refractivity (Wildman–Crippen MR) is 118 cm³/mol. The van der Waals surface area contributed by atoms with Gasteiger partial charge in [-0.25, -0.2) is 16.8 Å². The molecule has 0 unspecified atom stereocenters. The number of hydrogen-bond acceptors (Lipinski definition) is 5. The van der Waals surface area contributed by atoms with Crippen LogP contribution in [0.25, 0.3) is 0 Å². The lowest BCUT2D eigenvalue weighted by Gasteiger charge is -2.12. The zero-order valence-corrected chi connectivity index (χ0v) is 18.2. The number of carbonyl (C=O) groups is 1. The fourth-order valence-corrected chi connectivity index (χ4v) is 5.46. The molecule has 3 aromatic carbocycles. The summed E-state index contributed by atoms with van der Waals surface area (Å²) in [6.07, 6.45) is 0.0988. The van der Waals surface area contributed by atoms with Crippen LogP contribution in [-0.4, -0.2) is 22.7 Å². The van der Waals surface area contributed by atoms with Gasteiger partial charge in [0.05, 0.1) is 27.6 Å². The van der Waals surface area contributed by atoms with Gasteiger partial charge >= 0.3 is 0 Å². The van der Waals surface area contributed by atoms with E-state index in [1.54, 1.807) is 18.2 Å². The number of rotatable bonds is 6. The van der Waals surface area contributed by atoms with Crippen LogP contribution >= 0.6 is 11.6 Å². The van der Waals surface area contributed by atoms with Crippen LogP contribution in [0.2, 0.25) is 5.02 Å². The summed E-state index contributed by atoms with van der Waals surface area (Å²) >= 11 is 5.88. The van der Waals surface area contributed by atoms with Crippen LogP contribution in [0, 0.1) is 0 Å². The second-order valence-corrected chi connectivity index (χ2v) is 10.6. The van der Waals surface area contributed by atoms with Gasteiger partial charge < -0.3 is 5.32 Å². The fourth-order valence-electron chi connectivity index (χ4n) is 3.08. The van der Waals surface area contributed by atoms with E-state index < -0.39 is 20.0 Å². The molecule has 0 atom stereocenters. The Balaban J connectivity index is 1.58. The van der Waals surface area contributed by atoms with Crippen molar-refractivity contribution in [2.75, 3.05) is 14.8 Å². The van der Waals surface area contributed by atoms with Crippen molar-refractivity contribution >= 4 is 54.6 Å². The number of hydrogen-bond donors (Lipinski definition) is 3. The van der Waals surface area contributed by atoms with E-state index in [1.807, 2.05) is 0 Å². The third-order valence-electron chi connectivity index (χ3n) is 4.49. The Kier molecular flexibility index (Phi) is 5.38. The van der Waals surface area contributed by atoms with E-state index in [4.69, 9.17) is 11.6 Å². The van der Waals surface area contributed by atoms with E-state index in [0.29, 0.717) is 16.3 Å². The first-order chi connectivity index (χ1) is 14.6. The Hall–Kier alpha value is -3.08. The van der Waals surface area contributed by atoms with Crippen molar-refractivity contribution in [1.29, 1.82) is 0 Å². The first kappa shape index (κ1) is 21.2. The lowest BCUT2D eigenvalue weighted by atomic mass is 10.2. The van der Waals surface area contributed by atoms with E-state index >= 15 is 0 Å². The topological polar surface area (TPSA) is 121 Å². The predicted octanol–water partition coefficient (Wildman–Crippen LogP) is 3.44. The number of carbonyl (C=O) groups excluding carboxylic acids is 1. The Labute approximate surface area is 184 Å². The second-order valence-electron chi connectivity index (χ2n) is 6.79. The zero-order chi connectivity index (χ0) is 22.2. The Morgan fingerprint density at radius 2 is 1.39 bits per heavy atom.